The number of carboxylic acids is 1. The SMILES string of the molecule is Cc1c(S(=O)(=O)NC2CCN(Cc3ccnc(C(=N)N)c3)C2=O)sc2ccc(Cl)cc12.O=C(O)C(F)(F)F. The molecule has 1 atom stereocenters. The number of nitrogens with two attached hydrogens (primary N) is 1. The molecule has 1 aliphatic heterocycles. The van der Waals surface area contributed by atoms with Gasteiger partial charge in [-0.05, 0) is 60.2 Å². The minimum atomic E-state index is -5.08. The van der Waals surface area contributed by atoms with Gasteiger partial charge in [0.2, 0.25) is 5.91 Å². The molecule has 1 unspecified atom stereocenters. The number of rotatable bonds is 6. The Hall–Kier alpha value is -3.27. The summed E-state index contributed by atoms with van der Waals surface area (Å²) in [6, 6.07) is 7.82. The second-order valence-electron chi connectivity index (χ2n) is 8.14. The van der Waals surface area contributed by atoms with Crippen molar-refractivity contribution in [3.05, 3.63) is 58.4 Å². The van der Waals surface area contributed by atoms with Crippen molar-refractivity contribution >= 4 is 60.8 Å². The number of thiophene rings is 1. The Morgan fingerprint density at radius 2 is 2.00 bits per heavy atom. The zero-order chi connectivity index (χ0) is 28.4. The Morgan fingerprint density at radius 1 is 1.34 bits per heavy atom. The van der Waals surface area contributed by atoms with Crippen LogP contribution < -0.4 is 10.5 Å². The molecule has 1 amide bonds. The summed E-state index contributed by atoms with van der Waals surface area (Å²) in [4.78, 5) is 27.3. The highest BCUT2D eigenvalue weighted by atomic mass is 35.5. The predicted molar refractivity (Wildman–Crippen MR) is 135 cm³/mol. The van der Waals surface area contributed by atoms with Gasteiger partial charge in [0.25, 0.3) is 10.0 Å². The number of nitrogens with zero attached hydrogens (tertiary/aromatic N) is 2. The molecule has 38 heavy (non-hydrogen) atoms. The first-order chi connectivity index (χ1) is 17.6. The Bertz CT molecular complexity index is 1510. The van der Waals surface area contributed by atoms with Gasteiger partial charge in [-0.1, -0.05) is 11.6 Å². The number of likely N-dealkylation sites (tertiary alicyclic amines) is 1. The highest BCUT2D eigenvalue weighted by Crippen LogP contribution is 2.35. The van der Waals surface area contributed by atoms with Gasteiger partial charge in [0.15, 0.2) is 0 Å². The summed E-state index contributed by atoms with van der Waals surface area (Å²) in [6.07, 6.45) is -3.18. The number of carbonyl (C=O) groups is 2. The van der Waals surface area contributed by atoms with Gasteiger partial charge in [-0.3, -0.25) is 15.2 Å². The average molecular weight is 592 g/mol. The molecule has 0 spiro atoms. The zero-order valence-corrected chi connectivity index (χ0v) is 21.9. The third kappa shape index (κ3) is 6.78. The number of aryl methyl sites for hydroxylation is 1. The number of hydrogen-bond donors (Lipinski definition) is 4. The molecule has 16 heteroatoms. The summed E-state index contributed by atoms with van der Waals surface area (Å²) >= 11 is 7.21. The number of aliphatic carboxylic acids is 1. The van der Waals surface area contributed by atoms with Gasteiger partial charge in [0.1, 0.15) is 21.8 Å². The lowest BCUT2D eigenvalue weighted by Crippen LogP contribution is -2.41. The summed E-state index contributed by atoms with van der Waals surface area (Å²) in [5, 5.41) is 15.9. The van der Waals surface area contributed by atoms with Crippen molar-refractivity contribution in [2.45, 2.75) is 36.3 Å². The number of nitrogen functional groups attached to an aromatic ring is 1. The van der Waals surface area contributed by atoms with E-state index in [1.165, 1.54) is 6.20 Å². The van der Waals surface area contributed by atoms with E-state index in [4.69, 9.17) is 32.6 Å². The van der Waals surface area contributed by atoms with E-state index in [2.05, 4.69) is 9.71 Å². The lowest BCUT2D eigenvalue weighted by Gasteiger charge is -2.17. The summed E-state index contributed by atoms with van der Waals surface area (Å²) in [6.45, 7) is 2.45. The van der Waals surface area contributed by atoms with E-state index in [9.17, 15) is 26.4 Å². The van der Waals surface area contributed by atoms with E-state index >= 15 is 0 Å². The van der Waals surface area contributed by atoms with Crippen LogP contribution in [0.25, 0.3) is 10.1 Å². The number of hydrogen-bond acceptors (Lipinski definition) is 7. The molecule has 1 aromatic carbocycles. The number of sulfonamides is 1. The largest absolute Gasteiger partial charge is 0.490 e. The molecule has 0 bridgehead atoms. The predicted octanol–water partition coefficient (Wildman–Crippen LogP) is 3.25. The number of fused-ring (bicyclic) bond motifs is 1. The number of pyridine rings is 1. The maximum atomic E-state index is 13.0. The molecule has 0 saturated carbocycles. The number of amidine groups is 1. The van der Waals surface area contributed by atoms with Crippen LogP contribution in [-0.2, 0) is 26.2 Å². The standard InChI is InChI=1S/C20H20ClN5O3S2.C2HF3O2/c1-11-14-9-13(21)2-3-17(14)30-20(11)31(28,29)25-15-5-7-26(19(15)27)10-12-4-6-24-16(8-12)18(22)23;3-2(4,5)1(6)7/h2-4,6,8-9,15,25H,5,7,10H2,1H3,(H3,22,23);(H,6,7). The van der Waals surface area contributed by atoms with E-state index < -0.39 is 28.2 Å². The summed E-state index contributed by atoms with van der Waals surface area (Å²) in [5.74, 6) is -3.20. The van der Waals surface area contributed by atoms with E-state index in [0.29, 0.717) is 35.8 Å². The van der Waals surface area contributed by atoms with Crippen LogP contribution in [0.4, 0.5) is 13.2 Å². The highest BCUT2D eigenvalue weighted by Gasteiger charge is 2.38. The second kappa shape index (κ2) is 11.2. The van der Waals surface area contributed by atoms with Crippen LogP contribution in [0.5, 0.6) is 0 Å². The quantitative estimate of drug-likeness (QED) is 0.252. The van der Waals surface area contributed by atoms with E-state index in [1.54, 1.807) is 42.2 Å². The Balaban J connectivity index is 0.000000505. The third-order valence-corrected chi connectivity index (χ3v) is 9.01. The monoisotopic (exact) mass is 591 g/mol. The molecule has 3 heterocycles. The molecule has 204 valence electrons. The van der Waals surface area contributed by atoms with Crippen LogP contribution in [0.2, 0.25) is 5.02 Å². The average Bonchev–Trinajstić information content (AvgIpc) is 3.33. The zero-order valence-electron chi connectivity index (χ0n) is 19.5. The summed E-state index contributed by atoms with van der Waals surface area (Å²) < 4.78 is 61.4. The molecule has 10 nitrogen and oxygen atoms in total. The molecular weight excluding hydrogens is 571 g/mol. The third-order valence-electron chi connectivity index (χ3n) is 5.41. The number of halogens is 4. The fraction of sp³-hybridized carbons (Fsp3) is 0.273. The van der Waals surface area contributed by atoms with E-state index in [0.717, 1.165) is 27.0 Å². The first-order valence-corrected chi connectivity index (χ1v) is 13.4. The molecule has 2 aromatic heterocycles. The van der Waals surface area contributed by atoms with Crippen LogP contribution in [-0.4, -0.2) is 59.9 Å². The number of carbonyl (C=O) groups excluding carboxylic acids is 1. The van der Waals surface area contributed by atoms with Gasteiger partial charge in [0.05, 0.1) is 0 Å². The van der Waals surface area contributed by atoms with Crippen molar-refractivity contribution < 1.29 is 36.3 Å². The Labute approximate surface area is 223 Å². The normalized spacial score (nSPS) is 15.9. The fourth-order valence-electron chi connectivity index (χ4n) is 3.61. The molecule has 1 aliphatic rings. The van der Waals surface area contributed by atoms with Crippen molar-refractivity contribution in [1.82, 2.24) is 14.6 Å². The number of benzene rings is 1. The maximum Gasteiger partial charge on any atom is 0.490 e. The van der Waals surface area contributed by atoms with Crippen LogP contribution >= 0.6 is 22.9 Å². The maximum absolute atomic E-state index is 13.0. The number of alkyl halides is 3. The van der Waals surface area contributed by atoms with Crippen LogP contribution in [0.15, 0.2) is 40.7 Å². The number of amides is 1. The van der Waals surface area contributed by atoms with Gasteiger partial charge < -0.3 is 15.7 Å². The summed E-state index contributed by atoms with van der Waals surface area (Å²) in [7, 11) is -3.87. The molecule has 0 aliphatic carbocycles. The highest BCUT2D eigenvalue weighted by molar-refractivity contribution is 7.91. The Kier molecular flexibility index (Phi) is 8.65. The van der Waals surface area contributed by atoms with Crippen molar-refractivity contribution in [2.75, 3.05) is 6.54 Å². The minimum absolute atomic E-state index is 0.153. The second-order valence-corrected chi connectivity index (χ2v) is 11.5. The van der Waals surface area contributed by atoms with Gasteiger partial charge >= 0.3 is 12.1 Å². The number of aromatic nitrogens is 1. The first-order valence-electron chi connectivity index (χ1n) is 10.7. The van der Waals surface area contributed by atoms with Crippen molar-refractivity contribution in [3.8, 4) is 0 Å². The molecule has 1 saturated heterocycles. The van der Waals surface area contributed by atoms with Crippen LogP contribution in [0.1, 0.15) is 23.2 Å². The van der Waals surface area contributed by atoms with E-state index in [-0.39, 0.29) is 16.0 Å². The van der Waals surface area contributed by atoms with Crippen molar-refractivity contribution in [3.63, 3.8) is 0 Å². The first kappa shape index (κ1) is 29.3. The number of nitrogens with one attached hydrogen (secondary N) is 2. The van der Waals surface area contributed by atoms with E-state index in [1.807, 2.05) is 0 Å². The molecule has 0 radical (unpaired) electrons. The fourth-order valence-corrected chi connectivity index (χ4v) is 6.77. The number of carboxylic acid groups (broad SMARTS) is 1. The Morgan fingerprint density at radius 3 is 2.61 bits per heavy atom. The summed E-state index contributed by atoms with van der Waals surface area (Å²) in [5.41, 5.74) is 7.19. The van der Waals surface area contributed by atoms with Crippen molar-refractivity contribution in [2.24, 2.45) is 5.73 Å². The van der Waals surface area contributed by atoms with Crippen molar-refractivity contribution in [1.29, 1.82) is 5.41 Å². The van der Waals surface area contributed by atoms with Gasteiger partial charge in [-0.15, -0.1) is 11.3 Å². The van der Waals surface area contributed by atoms with Gasteiger partial charge in [0, 0.05) is 29.0 Å². The lowest BCUT2D eigenvalue weighted by atomic mass is 10.2. The molecule has 1 fully saturated rings. The van der Waals surface area contributed by atoms with Crippen LogP contribution in [0, 0.1) is 12.3 Å². The molecule has 4 rings (SSSR count). The molecular formula is C22H21ClF3N5O5S2. The van der Waals surface area contributed by atoms with Gasteiger partial charge in [-0.25, -0.2) is 13.2 Å². The topological polar surface area (TPSA) is 167 Å². The molecule has 5 N–H and O–H groups in total. The minimum Gasteiger partial charge on any atom is -0.475 e. The lowest BCUT2D eigenvalue weighted by molar-refractivity contribution is -0.192. The van der Waals surface area contributed by atoms with Gasteiger partial charge in [-0.2, -0.15) is 17.9 Å². The smallest absolute Gasteiger partial charge is 0.475 e. The van der Waals surface area contributed by atoms with Crippen LogP contribution in [0.3, 0.4) is 0 Å². The molecule has 3 aromatic rings.